The van der Waals surface area contributed by atoms with E-state index in [4.69, 9.17) is 5.73 Å². The lowest BCUT2D eigenvalue weighted by Gasteiger charge is -2.43. The molecule has 0 bridgehead atoms. The largest absolute Gasteiger partial charge is 0.331 e. The zero-order valence-corrected chi connectivity index (χ0v) is 14.2. The van der Waals surface area contributed by atoms with Crippen molar-refractivity contribution in [1.29, 1.82) is 0 Å². The number of rotatable bonds is 3. The van der Waals surface area contributed by atoms with Crippen molar-refractivity contribution in [2.24, 2.45) is 17.6 Å². The van der Waals surface area contributed by atoms with E-state index in [9.17, 15) is 9.18 Å². The van der Waals surface area contributed by atoms with E-state index in [0.717, 1.165) is 30.4 Å². The van der Waals surface area contributed by atoms with Crippen molar-refractivity contribution in [3.8, 4) is 0 Å². The quantitative estimate of drug-likeness (QED) is 0.933. The molecule has 1 aliphatic heterocycles. The van der Waals surface area contributed by atoms with Gasteiger partial charge >= 0.3 is 0 Å². The Morgan fingerprint density at radius 2 is 1.84 bits per heavy atom. The molecule has 2 aliphatic rings. The van der Waals surface area contributed by atoms with E-state index >= 15 is 0 Å². The van der Waals surface area contributed by atoms with Gasteiger partial charge in [-0.05, 0) is 60.5 Å². The molecule has 1 saturated carbocycles. The highest BCUT2D eigenvalue weighted by molar-refractivity contribution is 5.81. The minimum Gasteiger partial charge on any atom is -0.331 e. The lowest BCUT2D eigenvalue weighted by atomic mass is 9.73. The summed E-state index contributed by atoms with van der Waals surface area (Å²) >= 11 is 0. The van der Waals surface area contributed by atoms with Crippen LogP contribution < -0.4 is 5.73 Å². The van der Waals surface area contributed by atoms with Crippen molar-refractivity contribution in [3.05, 3.63) is 71.0 Å². The van der Waals surface area contributed by atoms with Gasteiger partial charge in [0.05, 0.1) is 6.04 Å². The van der Waals surface area contributed by atoms with Gasteiger partial charge in [0.2, 0.25) is 5.91 Å². The first-order chi connectivity index (χ1) is 12.2. The van der Waals surface area contributed by atoms with E-state index in [1.54, 1.807) is 12.1 Å². The van der Waals surface area contributed by atoms with E-state index in [-0.39, 0.29) is 23.7 Å². The third kappa shape index (κ3) is 2.95. The number of nitrogens with two attached hydrogens (primary N) is 1. The predicted molar refractivity (Wildman–Crippen MR) is 95.4 cm³/mol. The average molecular weight is 338 g/mol. The van der Waals surface area contributed by atoms with E-state index in [1.165, 1.54) is 17.7 Å². The molecule has 0 unspecified atom stereocenters. The maximum atomic E-state index is 13.4. The van der Waals surface area contributed by atoms with Gasteiger partial charge in [0, 0.05) is 12.5 Å². The van der Waals surface area contributed by atoms with E-state index in [2.05, 4.69) is 12.1 Å². The Hall–Kier alpha value is -2.20. The van der Waals surface area contributed by atoms with Gasteiger partial charge in [0.15, 0.2) is 0 Å². The number of carbonyl (C=O) groups excluding carboxylic acids is 1. The summed E-state index contributed by atoms with van der Waals surface area (Å²) in [7, 11) is 0. The first-order valence-electron chi connectivity index (χ1n) is 9.01. The maximum absolute atomic E-state index is 13.4. The predicted octanol–water partition coefficient (Wildman–Crippen LogP) is 3.28. The maximum Gasteiger partial charge on any atom is 0.226 e. The van der Waals surface area contributed by atoms with Crippen LogP contribution in [0.1, 0.15) is 35.6 Å². The number of hydrogen-bond acceptors (Lipinski definition) is 2. The van der Waals surface area contributed by atoms with Gasteiger partial charge in [0.25, 0.3) is 0 Å². The molecule has 1 atom stereocenters. The van der Waals surface area contributed by atoms with Gasteiger partial charge in [-0.1, -0.05) is 36.4 Å². The smallest absolute Gasteiger partial charge is 0.226 e. The molecule has 25 heavy (non-hydrogen) atoms. The van der Waals surface area contributed by atoms with Gasteiger partial charge < -0.3 is 10.6 Å². The number of carbonyl (C=O) groups is 1. The summed E-state index contributed by atoms with van der Waals surface area (Å²) in [5.41, 5.74) is 9.11. The fourth-order valence-electron chi connectivity index (χ4n) is 4.17. The molecular formula is C21H23FN2O. The molecule has 1 heterocycles. The minimum absolute atomic E-state index is 0.0850. The highest BCUT2D eigenvalue weighted by atomic mass is 19.1. The summed E-state index contributed by atoms with van der Waals surface area (Å²) in [6.07, 6.45) is 2.65. The van der Waals surface area contributed by atoms with Gasteiger partial charge in [-0.15, -0.1) is 0 Å². The molecule has 2 aromatic carbocycles. The van der Waals surface area contributed by atoms with Gasteiger partial charge in [0.1, 0.15) is 5.82 Å². The Kier molecular flexibility index (Phi) is 4.30. The molecule has 0 saturated heterocycles. The second-order valence-corrected chi connectivity index (χ2v) is 7.20. The van der Waals surface area contributed by atoms with Gasteiger partial charge in [-0.2, -0.15) is 0 Å². The summed E-state index contributed by atoms with van der Waals surface area (Å²) in [5.74, 6) is 0.529. The number of nitrogens with zero attached hydrogens (tertiary/aromatic N) is 1. The van der Waals surface area contributed by atoms with Crippen molar-refractivity contribution in [2.75, 3.05) is 13.1 Å². The summed E-state index contributed by atoms with van der Waals surface area (Å²) in [6.45, 7) is 1.37. The second-order valence-electron chi connectivity index (χ2n) is 7.20. The Morgan fingerprint density at radius 1 is 1.12 bits per heavy atom. The highest BCUT2D eigenvalue weighted by Gasteiger charge is 2.40. The minimum atomic E-state index is -0.254. The van der Waals surface area contributed by atoms with E-state index in [0.29, 0.717) is 19.0 Å². The molecule has 2 aromatic rings. The SMILES string of the molecule is NCC1CC(C(=O)N2CCc3ccccc3[C@@H]2c2ccc(F)cc2)C1. The molecular weight excluding hydrogens is 315 g/mol. The summed E-state index contributed by atoms with van der Waals surface area (Å²) < 4.78 is 13.4. The van der Waals surface area contributed by atoms with Crippen molar-refractivity contribution in [1.82, 2.24) is 4.90 Å². The molecule has 0 aromatic heterocycles. The van der Waals surface area contributed by atoms with Crippen LogP contribution in [0, 0.1) is 17.7 Å². The normalized spacial score (nSPS) is 25.2. The lowest BCUT2D eigenvalue weighted by molar-refractivity contribution is -0.142. The van der Waals surface area contributed by atoms with Crippen LogP contribution in [0.3, 0.4) is 0 Å². The van der Waals surface area contributed by atoms with Crippen molar-refractivity contribution >= 4 is 5.91 Å². The lowest BCUT2D eigenvalue weighted by Crippen LogP contribution is -2.47. The summed E-state index contributed by atoms with van der Waals surface area (Å²) in [6, 6.07) is 14.7. The number of fused-ring (bicyclic) bond motifs is 1. The number of benzene rings is 2. The molecule has 3 nitrogen and oxygen atoms in total. The molecule has 1 amide bonds. The zero-order chi connectivity index (χ0) is 17.4. The molecule has 4 rings (SSSR count). The Labute approximate surface area is 147 Å². The Morgan fingerprint density at radius 3 is 2.56 bits per heavy atom. The molecule has 0 radical (unpaired) electrons. The van der Waals surface area contributed by atoms with Gasteiger partial charge in [-0.3, -0.25) is 4.79 Å². The van der Waals surface area contributed by atoms with Crippen LogP contribution in [0.2, 0.25) is 0 Å². The van der Waals surface area contributed by atoms with Crippen LogP contribution in [-0.4, -0.2) is 23.9 Å². The van der Waals surface area contributed by atoms with Crippen LogP contribution in [-0.2, 0) is 11.2 Å². The average Bonchev–Trinajstić information content (AvgIpc) is 2.60. The molecule has 1 fully saturated rings. The third-order valence-electron chi connectivity index (χ3n) is 5.67. The molecule has 2 N–H and O–H groups in total. The standard InChI is InChI=1S/C21H23FN2O/c22-18-7-5-16(6-8-18)20-19-4-2-1-3-15(19)9-10-24(20)21(25)17-11-14(12-17)13-23/h1-8,14,17,20H,9-13,23H2/t14?,17?,20-/m0/s1. The first kappa shape index (κ1) is 16.3. The fourth-order valence-corrected chi connectivity index (χ4v) is 4.17. The summed E-state index contributed by atoms with van der Waals surface area (Å²) in [5, 5.41) is 0. The molecule has 1 aliphatic carbocycles. The van der Waals surface area contributed by atoms with Crippen LogP contribution >= 0.6 is 0 Å². The van der Waals surface area contributed by atoms with Crippen molar-refractivity contribution in [3.63, 3.8) is 0 Å². The van der Waals surface area contributed by atoms with Crippen molar-refractivity contribution in [2.45, 2.75) is 25.3 Å². The fraction of sp³-hybridized carbons (Fsp3) is 0.381. The van der Waals surface area contributed by atoms with Crippen LogP contribution in [0.25, 0.3) is 0 Å². The number of halogens is 1. The second kappa shape index (κ2) is 6.60. The molecule has 4 heteroatoms. The van der Waals surface area contributed by atoms with E-state index in [1.807, 2.05) is 17.0 Å². The topological polar surface area (TPSA) is 46.3 Å². The summed E-state index contributed by atoms with van der Waals surface area (Å²) in [4.78, 5) is 15.1. The highest BCUT2D eigenvalue weighted by Crippen LogP contribution is 2.40. The van der Waals surface area contributed by atoms with Crippen LogP contribution in [0.4, 0.5) is 4.39 Å². The number of hydrogen-bond donors (Lipinski definition) is 1. The monoisotopic (exact) mass is 338 g/mol. The Balaban J connectivity index is 1.68. The zero-order valence-electron chi connectivity index (χ0n) is 14.2. The first-order valence-corrected chi connectivity index (χ1v) is 9.01. The van der Waals surface area contributed by atoms with Gasteiger partial charge in [-0.25, -0.2) is 4.39 Å². The number of amides is 1. The van der Waals surface area contributed by atoms with Crippen LogP contribution in [0.5, 0.6) is 0 Å². The van der Waals surface area contributed by atoms with Crippen molar-refractivity contribution < 1.29 is 9.18 Å². The Bertz CT molecular complexity index is 768. The van der Waals surface area contributed by atoms with E-state index < -0.39 is 0 Å². The van der Waals surface area contributed by atoms with Crippen LogP contribution in [0.15, 0.2) is 48.5 Å². The molecule has 0 spiro atoms. The molecule has 130 valence electrons. The third-order valence-corrected chi connectivity index (χ3v) is 5.67.